The number of thioether (sulfide) groups is 1. The van der Waals surface area contributed by atoms with E-state index in [2.05, 4.69) is 10.1 Å². The van der Waals surface area contributed by atoms with E-state index >= 15 is 0 Å². The summed E-state index contributed by atoms with van der Waals surface area (Å²) in [7, 11) is 3.21. The van der Waals surface area contributed by atoms with Gasteiger partial charge in [-0.25, -0.2) is 0 Å². The first kappa shape index (κ1) is 25.8. The Kier molecular flexibility index (Phi) is 7.11. The van der Waals surface area contributed by atoms with Crippen molar-refractivity contribution >= 4 is 45.7 Å². The molecule has 1 fully saturated rings. The summed E-state index contributed by atoms with van der Waals surface area (Å²) in [6.45, 7) is 5.45. The molecular weight excluding hydrogens is 504 g/mol. The Morgan fingerprint density at radius 3 is 2.61 bits per heavy atom. The Labute approximate surface area is 225 Å². The average molecular weight is 535 g/mol. The van der Waals surface area contributed by atoms with E-state index in [4.69, 9.17) is 14.9 Å². The number of carbonyl (C=O) groups is 2. The highest BCUT2D eigenvalue weighted by molar-refractivity contribution is 8.27. The number of amidine groups is 2. The Balaban J connectivity index is 1.41. The third-order valence-electron chi connectivity index (χ3n) is 6.91. The largest absolute Gasteiger partial charge is 0.497 e. The van der Waals surface area contributed by atoms with Crippen LogP contribution in [0.25, 0.3) is 11.8 Å². The molecule has 1 aromatic heterocycles. The second kappa shape index (κ2) is 10.5. The van der Waals surface area contributed by atoms with Gasteiger partial charge in [-0.1, -0.05) is 0 Å². The van der Waals surface area contributed by atoms with Crippen LogP contribution in [0, 0.1) is 19.3 Å². The molecule has 4 heterocycles. The topological polar surface area (TPSA) is 113 Å². The van der Waals surface area contributed by atoms with Gasteiger partial charge in [0.05, 0.1) is 31.9 Å². The van der Waals surface area contributed by atoms with Gasteiger partial charge in [0.15, 0.2) is 5.84 Å². The Hall–Kier alpha value is -3.86. The predicted molar refractivity (Wildman–Crippen MR) is 148 cm³/mol. The van der Waals surface area contributed by atoms with Gasteiger partial charge in [0.25, 0.3) is 5.91 Å². The summed E-state index contributed by atoms with van der Waals surface area (Å²) in [5.74, 6) is 0.799. The monoisotopic (exact) mass is 534 g/mol. The first-order valence-electron chi connectivity index (χ1n) is 12.5. The van der Waals surface area contributed by atoms with Gasteiger partial charge in [-0.05, 0) is 74.7 Å². The number of ether oxygens (including phenoxy) is 2. The molecule has 1 aromatic carbocycles. The highest BCUT2D eigenvalue weighted by Crippen LogP contribution is 2.34. The number of piperidine rings is 1. The molecule has 38 heavy (non-hydrogen) atoms. The van der Waals surface area contributed by atoms with E-state index in [0.29, 0.717) is 21.7 Å². The molecule has 0 unspecified atom stereocenters. The second-order valence-corrected chi connectivity index (χ2v) is 10.4. The average Bonchev–Trinajstić information content (AvgIpc) is 3.45. The summed E-state index contributed by atoms with van der Waals surface area (Å²) >= 11 is 1.18. The third kappa shape index (κ3) is 4.73. The molecule has 1 saturated heterocycles. The number of nitrogens with zero attached hydrogens (tertiary/aromatic N) is 5. The summed E-state index contributed by atoms with van der Waals surface area (Å²) in [5, 5.41) is 15.4. The molecule has 5 rings (SSSR count). The van der Waals surface area contributed by atoms with E-state index in [1.807, 2.05) is 47.6 Å². The van der Waals surface area contributed by atoms with E-state index in [9.17, 15) is 9.59 Å². The predicted octanol–water partition coefficient (Wildman–Crippen LogP) is 4.13. The van der Waals surface area contributed by atoms with Crippen LogP contribution in [0.2, 0.25) is 0 Å². The standard InChI is InChI=1S/C27H30N6O4S/c1-16-12-18(17(2)32(16)21-9-8-19(36-3)14-22(21)37-4)13-20-25(28)33-27(29-26(20)35)38-23(30-33)15-24(34)31-10-6-5-7-11-31/h8-9,12-14,28H,5-7,10-11,15H2,1-4H3. The molecule has 1 N–H and O–H groups in total. The lowest BCUT2D eigenvalue weighted by Crippen LogP contribution is -2.36. The SMILES string of the molecule is COc1ccc(-n2c(C)cc(C=C3C(=N)N4N=C(CC(=O)N5CCCCC5)SC4=NC3=O)c2C)c(OC)c1. The Morgan fingerprint density at radius 2 is 1.89 bits per heavy atom. The molecule has 10 nitrogen and oxygen atoms in total. The van der Waals surface area contributed by atoms with Crippen LogP contribution < -0.4 is 9.47 Å². The van der Waals surface area contributed by atoms with Crippen molar-refractivity contribution in [2.24, 2.45) is 10.1 Å². The van der Waals surface area contributed by atoms with Crippen molar-refractivity contribution in [3.8, 4) is 17.2 Å². The fourth-order valence-electron chi connectivity index (χ4n) is 4.92. The minimum Gasteiger partial charge on any atom is -0.497 e. The number of carbonyl (C=O) groups excluding carboxylic acids is 2. The lowest BCUT2D eigenvalue weighted by Gasteiger charge is -2.26. The van der Waals surface area contributed by atoms with Crippen molar-refractivity contribution in [1.29, 1.82) is 5.41 Å². The van der Waals surface area contributed by atoms with Crippen LogP contribution in [0.15, 0.2) is 39.9 Å². The van der Waals surface area contributed by atoms with E-state index < -0.39 is 5.91 Å². The number of methoxy groups -OCH3 is 2. The van der Waals surface area contributed by atoms with Gasteiger partial charge in [0.1, 0.15) is 16.5 Å². The first-order chi connectivity index (χ1) is 18.3. The molecule has 2 aromatic rings. The number of aliphatic imine (C=N–C) groups is 1. The lowest BCUT2D eigenvalue weighted by atomic mass is 10.1. The van der Waals surface area contributed by atoms with Crippen LogP contribution >= 0.6 is 11.8 Å². The van der Waals surface area contributed by atoms with Gasteiger partial charge < -0.3 is 18.9 Å². The fraction of sp³-hybridized carbons (Fsp3) is 0.370. The van der Waals surface area contributed by atoms with Gasteiger partial charge in [0, 0.05) is 30.5 Å². The van der Waals surface area contributed by atoms with Crippen molar-refractivity contribution in [3.05, 3.63) is 46.8 Å². The van der Waals surface area contributed by atoms with Gasteiger partial charge in [-0.2, -0.15) is 15.1 Å². The highest BCUT2D eigenvalue weighted by Gasteiger charge is 2.36. The molecule has 0 atom stereocenters. The van der Waals surface area contributed by atoms with E-state index in [-0.39, 0.29) is 23.7 Å². The quantitative estimate of drug-likeness (QED) is 0.558. The first-order valence-corrected chi connectivity index (χ1v) is 13.3. The number of benzene rings is 1. The molecule has 3 aliphatic heterocycles. The number of hydrazone groups is 1. The number of aromatic nitrogens is 1. The van der Waals surface area contributed by atoms with Crippen LogP contribution in [0.3, 0.4) is 0 Å². The molecule has 3 aliphatic rings. The van der Waals surface area contributed by atoms with Gasteiger partial charge in [0.2, 0.25) is 11.1 Å². The van der Waals surface area contributed by atoms with E-state index in [1.54, 1.807) is 20.3 Å². The third-order valence-corrected chi connectivity index (χ3v) is 7.81. The molecule has 0 bridgehead atoms. The summed E-state index contributed by atoms with van der Waals surface area (Å²) in [6, 6.07) is 7.56. The summed E-state index contributed by atoms with van der Waals surface area (Å²) in [6.07, 6.45) is 5.00. The van der Waals surface area contributed by atoms with Crippen molar-refractivity contribution in [1.82, 2.24) is 14.5 Å². The number of likely N-dealkylation sites (tertiary alicyclic amines) is 1. The lowest BCUT2D eigenvalue weighted by molar-refractivity contribution is -0.130. The maximum absolute atomic E-state index is 13.0. The smallest absolute Gasteiger partial charge is 0.283 e. The normalized spacial score (nSPS) is 18.5. The fourth-order valence-corrected chi connectivity index (χ4v) is 5.79. The van der Waals surface area contributed by atoms with Crippen molar-refractivity contribution in [2.75, 3.05) is 27.3 Å². The number of nitrogens with one attached hydrogen (secondary N) is 1. The van der Waals surface area contributed by atoms with Crippen LogP contribution in [-0.2, 0) is 9.59 Å². The zero-order valence-corrected chi connectivity index (χ0v) is 22.7. The molecule has 2 amide bonds. The zero-order valence-electron chi connectivity index (χ0n) is 21.9. The molecule has 0 spiro atoms. The van der Waals surface area contributed by atoms with E-state index in [1.165, 1.54) is 16.8 Å². The number of fused-ring (bicyclic) bond motifs is 1. The molecule has 0 radical (unpaired) electrons. The van der Waals surface area contributed by atoms with Crippen LogP contribution in [0.4, 0.5) is 0 Å². The second-order valence-electron chi connectivity index (χ2n) is 9.33. The maximum Gasteiger partial charge on any atom is 0.283 e. The summed E-state index contributed by atoms with van der Waals surface area (Å²) < 4.78 is 12.9. The molecular formula is C27H30N6O4S. The van der Waals surface area contributed by atoms with Gasteiger partial charge >= 0.3 is 0 Å². The van der Waals surface area contributed by atoms with Gasteiger partial charge in [-0.15, -0.1) is 0 Å². The van der Waals surface area contributed by atoms with Gasteiger partial charge in [-0.3, -0.25) is 15.0 Å². The molecule has 198 valence electrons. The Bertz CT molecular complexity index is 1420. The number of amides is 2. The summed E-state index contributed by atoms with van der Waals surface area (Å²) in [4.78, 5) is 31.7. The van der Waals surface area contributed by atoms with Crippen LogP contribution in [-0.4, -0.2) is 69.6 Å². The zero-order chi connectivity index (χ0) is 27.0. The number of aryl methyl sites for hydroxylation is 1. The maximum atomic E-state index is 13.0. The van der Waals surface area contributed by atoms with Crippen LogP contribution in [0.5, 0.6) is 11.5 Å². The minimum atomic E-state index is -0.501. The molecule has 0 saturated carbocycles. The Morgan fingerprint density at radius 1 is 1.13 bits per heavy atom. The minimum absolute atomic E-state index is 0.0198. The van der Waals surface area contributed by atoms with Crippen molar-refractivity contribution < 1.29 is 19.1 Å². The van der Waals surface area contributed by atoms with Crippen molar-refractivity contribution in [3.63, 3.8) is 0 Å². The summed E-state index contributed by atoms with van der Waals surface area (Å²) in [5.41, 5.74) is 3.57. The number of hydrogen-bond acceptors (Lipinski definition) is 7. The van der Waals surface area contributed by atoms with Crippen LogP contribution in [0.1, 0.15) is 42.6 Å². The van der Waals surface area contributed by atoms with E-state index in [0.717, 1.165) is 55.0 Å². The highest BCUT2D eigenvalue weighted by atomic mass is 32.2. The molecule has 11 heteroatoms. The number of rotatable bonds is 6. The van der Waals surface area contributed by atoms with Crippen molar-refractivity contribution in [2.45, 2.75) is 39.5 Å². The number of hydrogen-bond donors (Lipinski definition) is 1. The molecule has 0 aliphatic carbocycles.